The molecule has 0 aliphatic heterocycles. The van der Waals surface area contributed by atoms with Crippen molar-refractivity contribution in [2.24, 2.45) is 0 Å². The molecule has 4 heteroatoms. The van der Waals surface area contributed by atoms with Gasteiger partial charge >= 0.3 is 5.63 Å². The van der Waals surface area contributed by atoms with Crippen LogP contribution in [0.25, 0.3) is 11.0 Å². The molecule has 0 radical (unpaired) electrons. The van der Waals surface area contributed by atoms with Gasteiger partial charge in [-0.15, -0.1) is 0 Å². The van der Waals surface area contributed by atoms with E-state index in [9.17, 15) is 4.79 Å². The van der Waals surface area contributed by atoms with E-state index in [1.165, 1.54) is 6.07 Å². The van der Waals surface area contributed by atoms with Crippen LogP contribution in [-0.2, 0) is 0 Å². The van der Waals surface area contributed by atoms with E-state index in [-0.39, 0.29) is 5.63 Å². The maximum Gasteiger partial charge on any atom is 0.339 e. The molecule has 0 amide bonds. The average molecular weight is 275 g/mol. The van der Waals surface area contributed by atoms with Crippen LogP contribution in [0, 0.1) is 13.8 Å². The van der Waals surface area contributed by atoms with Gasteiger partial charge < -0.3 is 14.1 Å². The lowest BCUT2D eigenvalue weighted by Gasteiger charge is -2.12. The van der Waals surface area contributed by atoms with E-state index in [1.807, 2.05) is 40.1 Å². The van der Waals surface area contributed by atoms with Gasteiger partial charge in [-0.2, -0.15) is 0 Å². The quantitative estimate of drug-likeness (QED) is 0.621. The number of benzene rings is 1. The zero-order chi connectivity index (χ0) is 14.7. The average Bonchev–Trinajstić information content (AvgIpc) is 2.36. The number of fused-ring (bicyclic) bond motifs is 1. The number of hydrogen-bond acceptors (Lipinski definition) is 4. The maximum atomic E-state index is 11.6. The minimum absolute atomic E-state index is 0.372. The molecule has 1 aromatic carbocycles. The molecule has 2 aromatic rings. The van der Waals surface area contributed by atoms with Crippen LogP contribution >= 0.6 is 0 Å². The molecule has 0 bridgehead atoms. The number of ether oxygens (including phenoxy) is 1. The second-order valence-corrected chi connectivity index (χ2v) is 5.37. The summed E-state index contributed by atoms with van der Waals surface area (Å²) in [4.78, 5) is 13.7. The van der Waals surface area contributed by atoms with Crippen molar-refractivity contribution in [3.8, 4) is 5.75 Å². The predicted octanol–water partition coefficient (Wildman–Crippen LogP) is 2.74. The lowest BCUT2D eigenvalue weighted by Crippen LogP contribution is -2.15. The van der Waals surface area contributed by atoms with Gasteiger partial charge in [0.25, 0.3) is 0 Å². The highest BCUT2D eigenvalue weighted by atomic mass is 16.5. The second-order valence-electron chi connectivity index (χ2n) is 5.37. The Morgan fingerprint density at radius 2 is 1.85 bits per heavy atom. The van der Waals surface area contributed by atoms with Gasteiger partial charge in [-0.3, -0.25) is 0 Å². The zero-order valence-corrected chi connectivity index (χ0v) is 12.5. The number of nitrogens with zero attached hydrogens (tertiary/aromatic N) is 1. The van der Waals surface area contributed by atoms with Crippen molar-refractivity contribution >= 4 is 11.0 Å². The van der Waals surface area contributed by atoms with Crippen molar-refractivity contribution in [2.75, 3.05) is 27.2 Å². The van der Waals surface area contributed by atoms with Crippen molar-refractivity contribution in [1.29, 1.82) is 0 Å². The normalized spacial score (nSPS) is 11.2. The third-order valence-corrected chi connectivity index (χ3v) is 3.33. The molecule has 4 nitrogen and oxygen atoms in total. The summed E-state index contributed by atoms with van der Waals surface area (Å²) in [7, 11) is 4.05. The minimum Gasteiger partial charge on any atom is -0.492 e. The first kappa shape index (κ1) is 14.6. The molecule has 0 fully saturated rings. The Bertz CT molecular complexity index is 659. The topological polar surface area (TPSA) is 42.7 Å². The van der Waals surface area contributed by atoms with Crippen molar-refractivity contribution in [1.82, 2.24) is 4.90 Å². The Hall–Kier alpha value is -1.81. The van der Waals surface area contributed by atoms with Gasteiger partial charge in [0.05, 0.1) is 18.1 Å². The van der Waals surface area contributed by atoms with E-state index in [2.05, 4.69) is 4.90 Å². The van der Waals surface area contributed by atoms with Crippen LogP contribution in [0.2, 0.25) is 0 Å². The minimum atomic E-state index is -0.372. The molecule has 0 atom stereocenters. The number of hydrogen-bond donors (Lipinski definition) is 0. The molecule has 0 saturated carbocycles. The van der Waals surface area contributed by atoms with E-state index < -0.39 is 0 Å². The SMILES string of the molecule is Cc1cc2oc(=O)cc(OCCCN(C)C)c2cc1C. The summed E-state index contributed by atoms with van der Waals surface area (Å²) < 4.78 is 11.0. The summed E-state index contributed by atoms with van der Waals surface area (Å²) in [6.45, 7) is 5.58. The van der Waals surface area contributed by atoms with E-state index in [0.717, 1.165) is 29.5 Å². The molecule has 2 rings (SSSR count). The first-order valence-corrected chi connectivity index (χ1v) is 6.80. The second kappa shape index (κ2) is 6.09. The lowest BCUT2D eigenvalue weighted by molar-refractivity contribution is 0.282. The first-order chi connectivity index (χ1) is 9.47. The van der Waals surface area contributed by atoms with E-state index in [0.29, 0.717) is 17.9 Å². The van der Waals surface area contributed by atoms with Gasteiger partial charge in [0, 0.05) is 6.54 Å². The van der Waals surface area contributed by atoms with Crippen LogP contribution in [0.4, 0.5) is 0 Å². The molecule has 0 unspecified atom stereocenters. The molecule has 0 saturated heterocycles. The third kappa shape index (κ3) is 3.39. The fourth-order valence-corrected chi connectivity index (χ4v) is 2.07. The van der Waals surface area contributed by atoms with Crippen LogP contribution in [0.15, 0.2) is 27.4 Å². The van der Waals surface area contributed by atoms with E-state index in [4.69, 9.17) is 9.15 Å². The highest BCUT2D eigenvalue weighted by Crippen LogP contribution is 2.26. The molecule has 0 N–H and O–H groups in total. The van der Waals surface area contributed by atoms with Crippen LogP contribution < -0.4 is 10.4 Å². The van der Waals surface area contributed by atoms with E-state index in [1.54, 1.807) is 0 Å². The van der Waals surface area contributed by atoms with E-state index >= 15 is 0 Å². The summed E-state index contributed by atoms with van der Waals surface area (Å²) in [5.41, 5.74) is 2.47. The van der Waals surface area contributed by atoms with Gasteiger partial charge in [0.1, 0.15) is 11.3 Å². The van der Waals surface area contributed by atoms with Crippen LogP contribution in [0.1, 0.15) is 17.5 Å². The van der Waals surface area contributed by atoms with Crippen molar-refractivity contribution in [3.05, 3.63) is 39.7 Å². The predicted molar refractivity (Wildman–Crippen MR) is 80.6 cm³/mol. The van der Waals surface area contributed by atoms with Gasteiger partial charge in [-0.05, 0) is 57.6 Å². The summed E-state index contributed by atoms with van der Waals surface area (Å²) in [6, 6.07) is 5.32. The fraction of sp³-hybridized carbons (Fsp3) is 0.438. The highest BCUT2D eigenvalue weighted by Gasteiger charge is 2.08. The van der Waals surface area contributed by atoms with Crippen LogP contribution in [-0.4, -0.2) is 32.1 Å². The Labute approximate surface area is 119 Å². The van der Waals surface area contributed by atoms with Crippen molar-refractivity contribution in [3.63, 3.8) is 0 Å². The van der Waals surface area contributed by atoms with Gasteiger partial charge in [-0.25, -0.2) is 4.79 Å². The van der Waals surface area contributed by atoms with Crippen LogP contribution in [0.5, 0.6) is 5.75 Å². The molecule has 1 heterocycles. The Balaban J connectivity index is 2.27. The molecule has 0 aliphatic carbocycles. The monoisotopic (exact) mass is 275 g/mol. The summed E-state index contributed by atoms with van der Waals surface area (Å²) in [6.07, 6.45) is 0.916. The van der Waals surface area contributed by atoms with Gasteiger partial charge in [0.15, 0.2) is 0 Å². The Morgan fingerprint density at radius 1 is 1.15 bits per heavy atom. The van der Waals surface area contributed by atoms with Crippen LogP contribution in [0.3, 0.4) is 0 Å². The number of aryl methyl sites for hydroxylation is 2. The standard InChI is InChI=1S/C16H21NO3/c1-11-8-13-14(19-7-5-6-17(3)4)10-16(18)20-15(13)9-12(11)2/h8-10H,5-7H2,1-4H3. The highest BCUT2D eigenvalue weighted by molar-refractivity contribution is 5.84. The molecule has 1 aromatic heterocycles. The summed E-state index contributed by atoms with van der Waals surface area (Å²) >= 11 is 0. The largest absolute Gasteiger partial charge is 0.492 e. The first-order valence-electron chi connectivity index (χ1n) is 6.80. The van der Waals surface area contributed by atoms with Crippen molar-refractivity contribution in [2.45, 2.75) is 20.3 Å². The molecular weight excluding hydrogens is 254 g/mol. The Kier molecular flexibility index (Phi) is 4.45. The molecule has 108 valence electrons. The van der Waals surface area contributed by atoms with Gasteiger partial charge in [-0.1, -0.05) is 0 Å². The third-order valence-electron chi connectivity index (χ3n) is 3.33. The lowest BCUT2D eigenvalue weighted by atomic mass is 10.1. The number of rotatable bonds is 5. The molecule has 0 aliphatic rings. The molecule has 20 heavy (non-hydrogen) atoms. The zero-order valence-electron chi connectivity index (χ0n) is 12.5. The van der Waals surface area contributed by atoms with Crippen molar-refractivity contribution < 1.29 is 9.15 Å². The molecule has 0 spiro atoms. The fourth-order valence-electron chi connectivity index (χ4n) is 2.07. The maximum absolute atomic E-state index is 11.6. The smallest absolute Gasteiger partial charge is 0.339 e. The van der Waals surface area contributed by atoms with Gasteiger partial charge in [0.2, 0.25) is 0 Å². The molecular formula is C16H21NO3. The Morgan fingerprint density at radius 3 is 2.55 bits per heavy atom. The summed E-state index contributed by atoms with van der Waals surface area (Å²) in [5, 5.41) is 0.859. The summed E-state index contributed by atoms with van der Waals surface area (Å²) in [5.74, 6) is 0.609.